The van der Waals surface area contributed by atoms with Crippen molar-refractivity contribution in [3.63, 3.8) is 0 Å². The van der Waals surface area contributed by atoms with Crippen molar-refractivity contribution in [2.75, 3.05) is 0 Å². The molecule has 0 amide bonds. The summed E-state index contributed by atoms with van der Waals surface area (Å²) in [4.78, 5) is 4.29. The second kappa shape index (κ2) is 4.63. The third-order valence-corrected chi connectivity index (χ3v) is 2.74. The van der Waals surface area contributed by atoms with E-state index in [-0.39, 0.29) is 11.9 Å². The van der Waals surface area contributed by atoms with E-state index in [0.717, 1.165) is 16.8 Å². The van der Waals surface area contributed by atoms with Gasteiger partial charge in [0.2, 0.25) is 0 Å². The molecule has 0 saturated heterocycles. The van der Waals surface area contributed by atoms with E-state index in [0.29, 0.717) is 5.56 Å². The van der Waals surface area contributed by atoms with Crippen molar-refractivity contribution in [2.45, 2.75) is 19.9 Å². The monoisotopic (exact) mass is 230 g/mol. The van der Waals surface area contributed by atoms with Gasteiger partial charge in [-0.15, -0.1) is 0 Å². The summed E-state index contributed by atoms with van der Waals surface area (Å²) in [5.41, 5.74) is 9.16. The Hall–Kier alpha value is -1.74. The molecule has 88 valence electrons. The summed E-state index contributed by atoms with van der Waals surface area (Å²) in [7, 11) is 0. The number of rotatable bonds is 2. The van der Waals surface area contributed by atoms with Crippen LogP contribution in [0.5, 0.6) is 0 Å². The van der Waals surface area contributed by atoms with E-state index in [1.807, 2.05) is 25.1 Å². The lowest BCUT2D eigenvalue weighted by molar-refractivity contribution is 0.619. The van der Waals surface area contributed by atoms with Gasteiger partial charge < -0.3 is 5.73 Å². The second-order valence-electron chi connectivity index (χ2n) is 4.22. The first-order valence-electron chi connectivity index (χ1n) is 5.56. The number of benzene rings is 1. The molecule has 0 fully saturated rings. The van der Waals surface area contributed by atoms with Gasteiger partial charge in [0.1, 0.15) is 5.82 Å². The Labute approximate surface area is 100 Å². The van der Waals surface area contributed by atoms with Crippen LogP contribution in [0.2, 0.25) is 0 Å². The van der Waals surface area contributed by atoms with Crippen molar-refractivity contribution >= 4 is 0 Å². The van der Waals surface area contributed by atoms with Gasteiger partial charge in [0.05, 0.1) is 5.69 Å². The Bertz CT molecular complexity index is 518. The summed E-state index contributed by atoms with van der Waals surface area (Å²) in [6.07, 6.45) is 1.77. The Kier molecular flexibility index (Phi) is 3.20. The standard InChI is InChI=1S/C14H15FN2/c1-9-7-11(3-5-13(9)15)12-4-6-14(10(2)16)17-8-12/h3-8,10H,16H2,1-2H3/t10-/m0/s1. The van der Waals surface area contributed by atoms with Gasteiger partial charge in [-0.05, 0) is 43.2 Å². The summed E-state index contributed by atoms with van der Waals surface area (Å²) in [5.74, 6) is -0.186. The maximum Gasteiger partial charge on any atom is 0.126 e. The highest BCUT2D eigenvalue weighted by Gasteiger charge is 2.04. The van der Waals surface area contributed by atoms with Crippen LogP contribution in [0.4, 0.5) is 4.39 Å². The van der Waals surface area contributed by atoms with Crippen LogP contribution in [0, 0.1) is 12.7 Å². The number of hydrogen-bond acceptors (Lipinski definition) is 2. The minimum absolute atomic E-state index is 0.0704. The predicted molar refractivity (Wildman–Crippen MR) is 67.0 cm³/mol. The van der Waals surface area contributed by atoms with E-state index >= 15 is 0 Å². The average molecular weight is 230 g/mol. The number of nitrogens with two attached hydrogens (primary N) is 1. The first kappa shape index (κ1) is 11.7. The molecule has 1 heterocycles. The van der Waals surface area contributed by atoms with Crippen molar-refractivity contribution in [2.24, 2.45) is 5.73 Å². The largest absolute Gasteiger partial charge is 0.323 e. The Balaban J connectivity index is 2.36. The highest BCUT2D eigenvalue weighted by Crippen LogP contribution is 2.21. The van der Waals surface area contributed by atoms with Gasteiger partial charge in [-0.3, -0.25) is 4.98 Å². The van der Waals surface area contributed by atoms with Crippen LogP contribution in [0.3, 0.4) is 0 Å². The fraction of sp³-hybridized carbons (Fsp3) is 0.214. The zero-order chi connectivity index (χ0) is 12.4. The van der Waals surface area contributed by atoms with E-state index < -0.39 is 0 Å². The van der Waals surface area contributed by atoms with Crippen molar-refractivity contribution in [1.29, 1.82) is 0 Å². The molecule has 0 unspecified atom stereocenters. The van der Waals surface area contributed by atoms with E-state index in [1.165, 1.54) is 6.07 Å². The van der Waals surface area contributed by atoms with E-state index in [1.54, 1.807) is 19.2 Å². The maximum absolute atomic E-state index is 13.2. The molecule has 0 radical (unpaired) electrons. The number of aryl methyl sites for hydroxylation is 1. The van der Waals surface area contributed by atoms with Crippen LogP contribution in [0.25, 0.3) is 11.1 Å². The van der Waals surface area contributed by atoms with Gasteiger partial charge in [0.25, 0.3) is 0 Å². The quantitative estimate of drug-likeness (QED) is 0.860. The van der Waals surface area contributed by atoms with Crippen molar-refractivity contribution in [3.8, 4) is 11.1 Å². The molecule has 2 N–H and O–H groups in total. The normalized spacial score (nSPS) is 12.5. The molecule has 2 rings (SSSR count). The van der Waals surface area contributed by atoms with Crippen LogP contribution < -0.4 is 5.73 Å². The Morgan fingerprint density at radius 3 is 2.41 bits per heavy atom. The van der Waals surface area contributed by atoms with Gasteiger partial charge in [-0.2, -0.15) is 0 Å². The molecular weight excluding hydrogens is 215 g/mol. The molecule has 2 aromatic rings. The van der Waals surface area contributed by atoms with Gasteiger partial charge in [-0.1, -0.05) is 12.1 Å². The number of halogens is 1. The molecule has 1 aromatic carbocycles. The van der Waals surface area contributed by atoms with Crippen LogP contribution in [0.15, 0.2) is 36.5 Å². The van der Waals surface area contributed by atoms with Crippen LogP contribution >= 0.6 is 0 Å². The third-order valence-electron chi connectivity index (χ3n) is 2.74. The van der Waals surface area contributed by atoms with E-state index in [9.17, 15) is 4.39 Å². The van der Waals surface area contributed by atoms with Crippen molar-refractivity contribution < 1.29 is 4.39 Å². The minimum atomic E-state index is -0.186. The molecular formula is C14H15FN2. The molecule has 0 spiro atoms. The average Bonchev–Trinajstić information content (AvgIpc) is 2.33. The van der Waals surface area contributed by atoms with Crippen LogP contribution in [-0.2, 0) is 0 Å². The lowest BCUT2D eigenvalue weighted by Crippen LogP contribution is -2.06. The highest BCUT2D eigenvalue weighted by atomic mass is 19.1. The number of nitrogens with zero attached hydrogens (tertiary/aromatic N) is 1. The van der Waals surface area contributed by atoms with Gasteiger partial charge >= 0.3 is 0 Å². The molecule has 1 aromatic heterocycles. The SMILES string of the molecule is Cc1cc(-c2ccc([C@H](C)N)nc2)ccc1F. The smallest absolute Gasteiger partial charge is 0.126 e. The topological polar surface area (TPSA) is 38.9 Å². The van der Waals surface area contributed by atoms with Crippen molar-refractivity contribution in [1.82, 2.24) is 4.98 Å². The summed E-state index contributed by atoms with van der Waals surface area (Å²) in [6.45, 7) is 3.65. The molecule has 0 saturated carbocycles. The number of hydrogen-bond donors (Lipinski definition) is 1. The Morgan fingerprint density at radius 2 is 1.88 bits per heavy atom. The first-order valence-corrected chi connectivity index (χ1v) is 5.56. The van der Waals surface area contributed by atoms with Crippen LogP contribution in [-0.4, -0.2) is 4.98 Å². The molecule has 0 aliphatic carbocycles. The fourth-order valence-corrected chi connectivity index (χ4v) is 1.67. The minimum Gasteiger partial charge on any atom is -0.323 e. The predicted octanol–water partition coefficient (Wildman–Crippen LogP) is 3.22. The lowest BCUT2D eigenvalue weighted by Gasteiger charge is -2.07. The third kappa shape index (κ3) is 2.50. The maximum atomic E-state index is 13.2. The number of aromatic nitrogens is 1. The van der Waals surface area contributed by atoms with Gasteiger partial charge in [-0.25, -0.2) is 4.39 Å². The molecule has 0 aliphatic heterocycles. The second-order valence-corrected chi connectivity index (χ2v) is 4.22. The number of pyridine rings is 1. The fourth-order valence-electron chi connectivity index (χ4n) is 1.67. The first-order chi connectivity index (χ1) is 8.08. The molecule has 1 atom stereocenters. The summed E-state index contributed by atoms with van der Waals surface area (Å²) in [6, 6.07) is 8.84. The van der Waals surface area contributed by atoms with Gasteiger partial charge in [0.15, 0.2) is 0 Å². The van der Waals surface area contributed by atoms with Crippen LogP contribution in [0.1, 0.15) is 24.2 Å². The zero-order valence-corrected chi connectivity index (χ0v) is 9.94. The highest BCUT2D eigenvalue weighted by molar-refractivity contribution is 5.63. The van der Waals surface area contributed by atoms with Crippen molar-refractivity contribution in [3.05, 3.63) is 53.6 Å². The summed E-state index contributed by atoms with van der Waals surface area (Å²) >= 11 is 0. The molecule has 0 bridgehead atoms. The molecule has 0 aliphatic rings. The zero-order valence-electron chi connectivity index (χ0n) is 9.94. The summed E-state index contributed by atoms with van der Waals surface area (Å²) < 4.78 is 13.2. The van der Waals surface area contributed by atoms with Gasteiger partial charge in [0, 0.05) is 17.8 Å². The molecule has 17 heavy (non-hydrogen) atoms. The summed E-state index contributed by atoms with van der Waals surface area (Å²) in [5, 5.41) is 0. The van der Waals surface area contributed by atoms with E-state index in [4.69, 9.17) is 5.73 Å². The van der Waals surface area contributed by atoms with E-state index in [2.05, 4.69) is 4.98 Å². The molecule has 2 nitrogen and oxygen atoms in total. The molecule has 3 heteroatoms. The lowest BCUT2D eigenvalue weighted by atomic mass is 10.0. The Morgan fingerprint density at radius 1 is 1.18 bits per heavy atom.